The summed E-state index contributed by atoms with van der Waals surface area (Å²) in [6.07, 6.45) is 4.35. The van der Waals surface area contributed by atoms with Gasteiger partial charge in [-0.2, -0.15) is 4.98 Å². The Balaban J connectivity index is 0.831. The molecule has 5 heterocycles. The number of hydrogen-bond donors (Lipinski definition) is 3. The summed E-state index contributed by atoms with van der Waals surface area (Å²) in [6.45, 7) is 7.18. The minimum atomic E-state index is -3.56. The molecule has 60 heavy (non-hydrogen) atoms. The molecule has 0 spiro atoms. The fourth-order valence-electron chi connectivity index (χ4n) is 8.76. The lowest BCUT2D eigenvalue weighted by molar-refractivity contribution is -0.137. The van der Waals surface area contributed by atoms with Crippen molar-refractivity contribution in [3.63, 3.8) is 0 Å². The molecule has 1 atom stereocenters. The Bertz CT molecular complexity index is 2280. The van der Waals surface area contributed by atoms with Gasteiger partial charge in [0.15, 0.2) is 5.82 Å². The number of nitrogens with zero attached hydrogens (tertiary/aromatic N) is 6. The number of anilines is 5. The highest BCUT2D eigenvalue weighted by Gasteiger charge is 2.36. The van der Waals surface area contributed by atoms with Gasteiger partial charge in [0.1, 0.15) is 16.6 Å². The van der Waals surface area contributed by atoms with Gasteiger partial charge in [-0.3, -0.25) is 34.2 Å². The van der Waals surface area contributed by atoms with Crippen LogP contribution >= 0.6 is 19.2 Å². The molecule has 1 aromatic heterocycles. The van der Waals surface area contributed by atoms with Crippen molar-refractivity contribution in [1.29, 1.82) is 0 Å². The van der Waals surface area contributed by atoms with Crippen molar-refractivity contribution in [2.45, 2.75) is 57.4 Å². The molecule has 0 bridgehead atoms. The SMILES string of the molecule is COc1cc(N2CCC(N3CCN(Cc4cc(F)c5c(c4)CN(C4CCC(=O)NC4=O)C5)CC3)CC2)ccc1Nc1ncc(Cl)c(Nc2ccccc2P(=O)(OC)OC)n1. The van der Waals surface area contributed by atoms with Crippen LogP contribution in [0, 0.1) is 5.82 Å². The standard InChI is InChI=1S/C42H50ClFN9O6P/c1-57-37-22-30(8-9-34(37)47-42-45-23-32(43)40(49-42)46-35-6-4-5-7-38(35)60(56,58-2)59-3)51-14-12-29(13-15-51)52-18-16-50(17-19-52)24-27-20-28-25-53(26-31(28)33(44)21-27)36-10-11-39(54)48-41(36)55/h4-9,20-23,29,36H,10-19,24-26H2,1-3H3,(H,48,54,55)(H2,45,46,47,49). The largest absolute Gasteiger partial charge is 0.494 e. The number of amides is 2. The molecule has 8 rings (SSSR count). The molecule has 3 aromatic carbocycles. The van der Waals surface area contributed by atoms with Crippen LogP contribution in [-0.4, -0.2) is 109 Å². The number of ether oxygens (including phenoxy) is 1. The maximum absolute atomic E-state index is 15.3. The van der Waals surface area contributed by atoms with E-state index in [0.29, 0.717) is 72.3 Å². The summed E-state index contributed by atoms with van der Waals surface area (Å²) in [5, 5.41) is 9.44. The number of rotatable bonds is 13. The van der Waals surface area contributed by atoms with Crippen molar-refractivity contribution in [3.8, 4) is 5.75 Å². The number of benzene rings is 3. The maximum atomic E-state index is 15.3. The van der Waals surface area contributed by atoms with E-state index in [2.05, 4.69) is 52.8 Å². The number of carbonyl (C=O) groups is 2. The van der Waals surface area contributed by atoms with E-state index in [-0.39, 0.29) is 28.6 Å². The second-order valence-corrected chi connectivity index (χ2v) is 18.1. The van der Waals surface area contributed by atoms with Gasteiger partial charge in [-0.05, 0) is 60.7 Å². The second-order valence-electron chi connectivity index (χ2n) is 15.5. The highest BCUT2D eigenvalue weighted by atomic mass is 35.5. The first-order chi connectivity index (χ1) is 29.0. The third-order valence-electron chi connectivity index (χ3n) is 12.0. The summed E-state index contributed by atoms with van der Waals surface area (Å²) in [5.74, 6) is 0.483. The number of hydrogen-bond acceptors (Lipinski definition) is 14. The Kier molecular flexibility index (Phi) is 12.7. The minimum Gasteiger partial charge on any atom is -0.494 e. The number of imide groups is 1. The molecule has 4 aliphatic heterocycles. The Morgan fingerprint density at radius 1 is 0.900 bits per heavy atom. The quantitative estimate of drug-likeness (QED) is 0.110. The van der Waals surface area contributed by atoms with Crippen LogP contribution in [0.25, 0.3) is 0 Å². The van der Waals surface area contributed by atoms with Crippen LogP contribution in [0.5, 0.6) is 5.75 Å². The van der Waals surface area contributed by atoms with E-state index < -0.39 is 13.6 Å². The fourth-order valence-corrected chi connectivity index (χ4v) is 10.1. The zero-order chi connectivity index (χ0) is 42.0. The normalized spacial score (nSPS) is 19.6. The molecule has 3 fully saturated rings. The van der Waals surface area contributed by atoms with Crippen molar-refractivity contribution in [2.75, 3.05) is 76.1 Å². The van der Waals surface area contributed by atoms with E-state index in [4.69, 9.17) is 25.4 Å². The summed E-state index contributed by atoms with van der Waals surface area (Å²) in [5.41, 5.74) is 4.77. The van der Waals surface area contributed by atoms with Gasteiger partial charge in [-0.25, -0.2) is 9.37 Å². The monoisotopic (exact) mass is 861 g/mol. The molecule has 2 amide bonds. The first-order valence-corrected chi connectivity index (χ1v) is 22.1. The van der Waals surface area contributed by atoms with Crippen LogP contribution < -0.4 is 30.9 Å². The summed E-state index contributed by atoms with van der Waals surface area (Å²) in [4.78, 5) is 42.4. The summed E-state index contributed by atoms with van der Waals surface area (Å²) in [6, 6.07) is 16.8. The third-order valence-corrected chi connectivity index (χ3v) is 14.2. The third kappa shape index (κ3) is 9.01. The predicted molar refractivity (Wildman–Crippen MR) is 228 cm³/mol. The molecule has 0 saturated carbocycles. The molecule has 3 saturated heterocycles. The molecule has 3 N–H and O–H groups in total. The van der Waals surface area contributed by atoms with Crippen molar-refractivity contribution in [1.82, 2.24) is 30.0 Å². The Labute approximate surface area is 354 Å². The van der Waals surface area contributed by atoms with Gasteiger partial charge in [0.05, 0.1) is 36.0 Å². The fraction of sp³-hybridized carbons (Fsp3) is 0.429. The van der Waals surface area contributed by atoms with E-state index in [0.717, 1.165) is 68.9 Å². The number of nitrogens with one attached hydrogen (secondary N) is 3. The number of aromatic nitrogens is 2. The lowest BCUT2D eigenvalue weighted by atomic mass is 10.0. The van der Waals surface area contributed by atoms with Crippen LogP contribution in [-0.2, 0) is 42.8 Å². The number of fused-ring (bicyclic) bond motifs is 1. The highest BCUT2D eigenvalue weighted by molar-refractivity contribution is 7.62. The van der Waals surface area contributed by atoms with Gasteiger partial charge >= 0.3 is 7.60 Å². The Morgan fingerprint density at radius 2 is 1.67 bits per heavy atom. The number of piperidine rings is 2. The number of methoxy groups -OCH3 is 1. The number of para-hydroxylation sites is 1. The van der Waals surface area contributed by atoms with E-state index in [1.54, 1.807) is 37.4 Å². The zero-order valence-corrected chi connectivity index (χ0v) is 35.6. The van der Waals surface area contributed by atoms with Crippen molar-refractivity contribution >= 4 is 65.1 Å². The zero-order valence-electron chi connectivity index (χ0n) is 34.0. The lowest BCUT2D eigenvalue weighted by Gasteiger charge is -2.43. The molecule has 18 heteroatoms. The Morgan fingerprint density at radius 3 is 2.40 bits per heavy atom. The van der Waals surface area contributed by atoms with Gasteiger partial charge in [-0.15, -0.1) is 0 Å². The average Bonchev–Trinajstić information content (AvgIpc) is 3.70. The molecule has 15 nitrogen and oxygen atoms in total. The minimum absolute atomic E-state index is 0.215. The molecule has 1 unspecified atom stereocenters. The van der Waals surface area contributed by atoms with Crippen molar-refractivity contribution in [3.05, 3.63) is 88.3 Å². The summed E-state index contributed by atoms with van der Waals surface area (Å²) >= 11 is 6.48. The van der Waals surface area contributed by atoms with Crippen LogP contribution in [0.15, 0.2) is 60.8 Å². The van der Waals surface area contributed by atoms with Gasteiger partial charge in [0, 0.05) is 103 Å². The summed E-state index contributed by atoms with van der Waals surface area (Å²) < 4.78 is 44.8. The van der Waals surface area contributed by atoms with Crippen molar-refractivity contribution in [2.24, 2.45) is 0 Å². The van der Waals surface area contributed by atoms with Gasteiger partial charge in [0.25, 0.3) is 0 Å². The summed E-state index contributed by atoms with van der Waals surface area (Å²) in [7, 11) is 0.728. The van der Waals surface area contributed by atoms with Gasteiger partial charge < -0.3 is 29.3 Å². The van der Waals surface area contributed by atoms with E-state index in [1.807, 2.05) is 17.0 Å². The molecule has 4 aromatic rings. The van der Waals surface area contributed by atoms with Crippen LogP contribution in [0.1, 0.15) is 42.4 Å². The average molecular weight is 862 g/mol. The maximum Gasteiger partial charge on any atom is 0.362 e. The van der Waals surface area contributed by atoms with E-state index >= 15 is 4.39 Å². The first-order valence-electron chi connectivity index (χ1n) is 20.2. The number of piperazine rings is 1. The molecular formula is C42H50ClFN9O6P. The molecule has 0 radical (unpaired) electrons. The smallest absolute Gasteiger partial charge is 0.362 e. The van der Waals surface area contributed by atoms with Gasteiger partial charge in [0.2, 0.25) is 17.8 Å². The lowest BCUT2D eigenvalue weighted by Crippen LogP contribution is -2.53. The molecular weight excluding hydrogens is 812 g/mol. The van der Waals surface area contributed by atoms with Gasteiger partial charge in [-0.1, -0.05) is 29.8 Å². The topological polar surface area (TPSA) is 154 Å². The van der Waals surface area contributed by atoms with E-state index in [1.165, 1.54) is 20.4 Å². The number of halogens is 2. The van der Waals surface area contributed by atoms with Crippen LogP contribution in [0.4, 0.5) is 33.2 Å². The van der Waals surface area contributed by atoms with Crippen molar-refractivity contribution < 1.29 is 32.3 Å². The number of carbonyl (C=O) groups excluding carboxylic acids is 2. The molecule has 4 aliphatic rings. The predicted octanol–water partition coefficient (Wildman–Crippen LogP) is 5.78. The molecule has 0 aliphatic carbocycles. The molecule has 318 valence electrons. The second kappa shape index (κ2) is 18.1. The first kappa shape index (κ1) is 42.0. The van der Waals surface area contributed by atoms with Crippen LogP contribution in [0.2, 0.25) is 5.02 Å². The van der Waals surface area contributed by atoms with Crippen LogP contribution in [0.3, 0.4) is 0 Å². The highest BCUT2D eigenvalue weighted by Crippen LogP contribution is 2.47. The van der Waals surface area contributed by atoms with E-state index in [9.17, 15) is 14.2 Å². The Hall–Kier alpha value is -4.67.